The lowest BCUT2D eigenvalue weighted by Crippen LogP contribution is -2.22. The molecule has 0 radical (unpaired) electrons. The summed E-state index contributed by atoms with van der Waals surface area (Å²) in [5, 5.41) is 0. The first-order valence-corrected chi connectivity index (χ1v) is 4.52. The number of hydrogen-bond acceptors (Lipinski definition) is 2. The molecule has 0 spiro atoms. The average Bonchev–Trinajstić information content (AvgIpc) is 2.04. The molecule has 0 unspecified atom stereocenters. The Morgan fingerprint density at radius 2 is 2.08 bits per heavy atom. The molecule has 0 aliphatic heterocycles. The van der Waals surface area contributed by atoms with Crippen LogP contribution in [0.5, 0.6) is 0 Å². The Kier molecular flexibility index (Phi) is 5.14. The van der Waals surface area contributed by atoms with Crippen LogP contribution in [0.4, 0.5) is 0 Å². The summed E-state index contributed by atoms with van der Waals surface area (Å²) in [5.41, 5.74) is -0.0391. The molecule has 2 nitrogen and oxygen atoms in total. The molecular formula is C10H20O2. The maximum absolute atomic E-state index is 10.3. The summed E-state index contributed by atoms with van der Waals surface area (Å²) in [6.07, 6.45) is 4.05. The van der Waals surface area contributed by atoms with Gasteiger partial charge in [-0.2, -0.15) is 0 Å². The van der Waals surface area contributed by atoms with Crippen molar-refractivity contribution >= 4 is 6.29 Å². The molecule has 1 atom stereocenters. The molecule has 0 aromatic rings. The number of carbonyl (C=O) groups is 1. The fraction of sp³-hybridized carbons (Fsp3) is 0.900. The van der Waals surface area contributed by atoms with Gasteiger partial charge in [0, 0.05) is 13.0 Å². The molecule has 0 aromatic heterocycles. The Balaban J connectivity index is 3.49. The summed E-state index contributed by atoms with van der Waals surface area (Å²) in [5.74, 6) is 0.192. The number of aldehydes is 1. The van der Waals surface area contributed by atoms with Crippen LogP contribution in [0.25, 0.3) is 0 Å². The van der Waals surface area contributed by atoms with E-state index in [0.29, 0.717) is 0 Å². The topological polar surface area (TPSA) is 26.3 Å². The van der Waals surface area contributed by atoms with Crippen molar-refractivity contribution in [1.29, 1.82) is 0 Å². The number of methoxy groups -OCH3 is 1. The van der Waals surface area contributed by atoms with E-state index < -0.39 is 0 Å². The first-order valence-electron chi connectivity index (χ1n) is 4.52. The molecule has 0 rings (SSSR count). The quantitative estimate of drug-likeness (QED) is 0.575. The highest BCUT2D eigenvalue weighted by atomic mass is 16.5. The smallest absolute Gasteiger partial charge is 0.122 e. The van der Waals surface area contributed by atoms with Gasteiger partial charge in [-0.15, -0.1) is 0 Å². The number of ether oxygens (including phenoxy) is 1. The lowest BCUT2D eigenvalue weighted by atomic mass is 9.97. The van der Waals surface area contributed by atoms with E-state index in [0.717, 1.165) is 25.5 Å². The average molecular weight is 172 g/mol. The lowest BCUT2D eigenvalue weighted by Gasteiger charge is -2.22. The van der Waals surface area contributed by atoms with Crippen molar-refractivity contribution in [2.24, 2.45) is 5.92 Å². The monoisotopic (exact) mass is 172 g/mol. The first-order chi connectivity index (χ1) is 5.52. The summed E-state index contributed by atoms with van der Waals surface area (Å²) >= 11 is 0. The van der Waals surface area contributed by atoms with Gasteiger partial charge in [-0.25, -0.2) is 0 Å². The summed E-state index contributed by atoms with van der Waals surface area (Å²) in [6.45, 7) is 6.09. The molecule has 0 bridgehead atoms. The van der Waals surface area contributed by atoms with Crippen LogP contribution < -0.4 is 0 Å². The third-order valence-electron chi connectivity index (χ3n) is 2.22. The second-order valence-corrected chi connectivity index (χ2v) is 3.97. The van der Waals surface area contributed by atoms with Crippen LogP contribution in [0, 0.1) is 5.92 Å². The highest BCUT2D eigenvalue weighted by Crippen LogP contribution is 2.18. The Bertz CT molecular complexity index is 130. The van der Waals surface area contributed by atoms with Gasteiger partial charge in [0.25, 0.3) is 0 Å². The fourth-order valence-corrected chi connectivity index (χ4v) is 1.02. The fourth-order valence-electron chi connectivity index (χ4n) is 1.02. The van der Waals surface area contributed by atoms with Gasteiger partial charge < -0.3 is 9.53 Å². The van der Waals surface area contributed by atoms with Gasteiger partial charge in [0.15, 0.2) is 0 Å². The maximum Gasteiger partial charge on any atom is 0.122 e. The van der Waals surface area contributed by atoms with Gasteiger partial charge >= 0.3 is 0 Å². The Morgan fingerprint density at radius 1 is 1.50 bits per heavy atom. The summed E-state index contributed by atoms with van der Waals surface area (Å²) < 4.78 is 5.26. The van der Waals surface area contributed by atoms with E-state index in [1.807, 2.05) is 6.92 Å². The van der Waals surface area contributed by atoms with Gasteiger partial charge in [-0.05, 0) is 33.1 Å². The second-order valence-electron chi connectivity index (χ2n) is 3.97. The van der Waals surface area contributed by atoms with Gasteiger partial charge in [0.1, 0.15) is 6.29 Å². The van der Waals surface area contributed by atoms with Crippen molar-refractivity contribution in [2.75, 3.05) is 7.11 Å². The molecule has 0 fully saturated rings. The second kappa shape index (κ2) is 5.31. The summed E-state index contributed by atoms with van der Waals surface area (Å²) in [4.78, 5) is 10.3. The van der Waals surface area contributed by atoms with E-state index in [1.165, 1.54) is 0 Å². The van der Waals surface area contributed by atoms with Crippen LogP contribution in [-0.2, 0) is 9.53 Å². The Labute approximate surface area is 75.3 Å². The van der Waals surface area contributed by atoms with E-state index in [1.54, 1.807) is 7.11 Å². The van der Waals surface area contributed by atoms with Gasteiger partial charge in [0.2, 0.25) is 0 Å². The molecule has 0 amide bonds. The molecule has 72 valence electrons. The van der Waals surface area contributed by atoms with E-state index in [9.17, 15) is 4.79 Å². The van der Waals surface area contributed by atoms with Crippen molar-refractivity contribution in [3.8, 4) is 0 Å². The molecule has 0 aliphatic rings. The standard InChI is InChI=1S/C10H20O2/c1-9(8-11)6-5-7-10(2,3)12-4/h8-9H,5-7H2,1-4H3/t9-/m0/s1. The predicted octanol–water partition coefficient (Wildman–Crippen LogP) is 2.42. The third-order valence-corrected chi connectivity index (χ3v) is 2.22. The van der Waals surface area contributed by atoms with E-state index in [4.69, 9.17) is 4.74 Å². The molecule has 0 heterocycles. The molecule has 0 N–H and O–H groups in total. The van der Waals surface area contributed by atoms with E-state index in [-0.39, 0.29) is 11.5 Å². The van der Waals surface area contributed by atoms with Crippen LogP contribution >= 0.6 is 0 Å². The Morgan fingerprint density at radius 3 is 2.50 bits per heavy atom. The first kappa shape index (κ1) is 11.6. The van der Waals surface area contributed by atoms with Crippen LogP contribution in [0.15, 0.2) is 0 Å². The zero-order valence-corrected chi connectivity index (χ0v) is 8.59. The van der Waals surface area contributed by atoms with Gasteiger partial charge in [0.05, 0.1) is 5.60 Å². The maximum atomic E-state index is 10.3. The number of hydrogen-bond donors (Lipinski definition) is 0. The molecular weight excluding hydrogens is 152 g/mol. The van der Waals surface area contributed by atoms with Gasteiger partial charge in [-0.1, -0.05) is 6.92 Å². The number of rotatable bonds is 6. The lowest BCUT2D eigenvalue weighted by molar-refractivity contribution is -0.110. The van der Waals surface area contributed by atoms with E-state index in [2.05, 4.69) is 13.8 Å². The molecule has 0 saturated carbocycles. The van der Waals surface area contributed by atoms with Crippen molar-refractivity contribution in [1.82, 2.24) is 0 Å². The van der Waals surface area contributed by atoms with Gasteiger partial charge in [-0.3, -0.25) is 0 Å². The van der Waals surface area contributed by atoms with Crippen LogP contribution in [0.3, 0.4) is 0 Å². The molecule has 0 saturated heterocycles. The van der Waals surface area contributed by atoms with Crippen molar-refractivity contribution in [3.63, 3.8) is 0 Å². The minimum atomic E-state index is -0.0391. The highest BCUT2D eigenvalue weighted by Gasteiger charge is 2.15. The molecule has 2 heteroatoms. The third kappa shape index (κ3) is 5.30. The molecule has 0 aromatic carbocycles. The zero-order valence-electron chi connectivity index (χ0n) is 8.59. The molecule has 0 aliphatic carbocycles. The summed E-state index contributed by atoms with van der Waals surface area (Å²) in [6, 6.07) is 0. The predicted molar refractivity (Wildman–Crippen MR) is 50.2 cm³/mol. The SMILES string of the molecule is COC(C)(C)CCC[C@H](C)C=O. The van der Waals surface area contributed by atoms with Crippen LogP contribution in [0.2, 0.25) is 0 Å². The largest absolute Gasteiger partial charge is 0.379 e. The minimum Gasteiger partial charge on any atom is -0.379 e. The van der Waals surface area contributed by atoms with Crippen LogP contribution in [0.1, 0.15) is 40.0 Å². The molecule has 12 heavy (non-hydrogen) atoms. The normalized spacial score (nSPS) is 14.3. The Hall–Kier alpha value is -0.370. The van der Waals surface area contributed by atoms with Crippen LogP contribution in [-0.4, -0.2) is 19.0 Å². The summed E-state index contributed by atoms with van der Waals surface area (Å²) in [7, 11) is 1.73. The number of carbonyl (C=O) groups excluding carboxylic acids is 1. The van der Waals surface area contributed by atoms with Crippen molar-refractivity contribution in [3.05, 3.63) is 0 Å². The van der Waals surface area contributed by atoms with E-state index >= 15 is 0 Å². The van der Waals surface area contributed by atoms with Crippen molar-refractivity contribution in [2.45, 2.75) is 45.6 Å². The van der Waals surface area contributed by atoms with Crippen molar-refractivity contribution < 1.29 is 9.53 Å². The zero-order chi connectivity index (χ0) is 9.61. The highest BCUT2D eigenvalue weighted by molar-refractivity contribution is 5.52. The minimum absolute atomic E-state index is 0.0391.